The molecule has 0 unspecified atom stereocenters. The third kappa shape index (κ3) is 2.03. The summed E-state index contributed by atoms with van der Waals surface area (Å²) in [6.45, 7) is 1.91. The molecule has 0 aliphatic rings. The molecule has 0 atom stereocenters. The van der Waals surface area contributed by atoms with Gasteiger partial charge in [0.25, 0.3) is 0 Å². The van der Waals surface area contributed by atoms with Gasteiger partial charge in [-0.3, -0.25) is 14.2 Å². The first-order chi connectivity index (χ1) is 7.56. The van der Waals surface area contributed by atoms with Crippen LogP contribution in [0.3, 0.4) is 0 Å². The lowest BCUT2D eigenvalue weighted by Gasteiger charge is -1.98. The van der Waals surface area contributed by atoms with Crippen molar-refractivity contribution in [1.29, 1.82) is 0 Å². The molecule has 2 aromatic heterocycles. The molecule has 0 aromatic carbocycles. The molecule has 0 saturated carbocycles. The summed E-state index contributed by atoms with van der Waals surface area (Å²) in [6, 6.07) is 3.65. The quantitative estimate of drug-likeness (QED) is 0.719. The van der Waals surface area contributed by atoms with Gasteiger partial charge >= 0.3 is 0 Å². The molecule has 0 aliphatic heterocycles. The van der Waals surface area contributed by atoms with Crippen molar-refractivity contribution in [1.82, 2.24) is 19.6 Å². The first-order valence-corrected chi connectivity index (χ1v) is 5.08. The highest BCUT2D eigenvalue weighted by molar-refractivity contribution is 5.95. The standard InChI is InChI=1S/C11H14N4O/c1-8-6-9(15(3)12-8)7-11(16)10-4-5-14(2)13-10/h4-6H,7H2,1-3H3. The smallest absolute Gasteiger partial charge is 0.188 e. The topological polar surface area (TPSA) is 52.7 Å². The minimum atomic E-state index is 0.0172. The Bertz CT molecular complexity index is 524. The lowest BCUT2D eigenvalue weighted by atomic mass is 10.1. The van der Waals surface area contributed by atoms with E-state index in [0.29, 0.717) is 12.1 Å². The van der Waals surface area contributed by atoms with Crippen LogP contribution in [0.15, 0.2) is 18.3 Å². The van der Waals surface area contributed by atoms with Crippen LogP contribution in [0.25, 0.3) is 0 Å². The van der Waals surface area contributed by atoms with Crippen LogP contribution < -0.4 is 0 Å². The van der Waals surface area contributed by atoms with Crippen molar-refractivity contribution < 1.29 is 4.79 Å². The van der Waals surface area contributed by atoms with Gasteiger partial charge < -0.3 is 0 Å². The Morgan fingerprint density at radius 2 is 2.12 bits per heavy atom. The van der Waals surface area contributed by atoms with E-state index in [1.165, 1.54) is 0 Å². The van der Waals surface area contributed by atoms with Crippen molar-refractivity contribution in [3.8, 4) is 0 Å². The Hall–Kier alpha value is -1.91. The van der Waals surface area contributed by atoms with Crippen molar-refractivity contribution >= 4 is 5.78 Å². The highest BCUT2D eigenvalue weighted by Gasteiger charge is 2.12. The monoisotopic (exact) mass is 218 g/mol. The highest BCUT2D eigenvalue weighted by atomic mass is 16.1. The molecular weight excluding hydrogens is 204 g/mol. The molecule has 0 aliphatic carbocycles. The number of aryl methyl sites for hydroxylation is 3. The van der Waals surface area contributed by atoms with Crippen LogP contribution in [0.4, 0.5) is 0 Å². The number of carbonyl (C=O) groups excluding carboxylic acids is 1. The van der Waals surface area contributed by atoms with Crippen LogP contribution in [0.5, 0.6) is 0 Å². The SMILES string of the molecule is Cc1cc(CC(=O)c2ccn(C)n2)n(C)n1. The average molecular weight is 218 g/mol. The average Bonchev–Trinajstić information content (AvgIpc) is 2.74. The number of Topliss-reactive ketones (excluding diaryl/α,β-unsaturated/α-hetero) is 1. The molecule has 84 valence electrons. The lowest BCUT2D eigenvalue weighted by Crippen LogP contribution is -2.09. The van der Waals surface area contributed by atoms with E-state index < -0.39 is 0 Å². The summed E-state index contributed by atoms with van der Waals surface area (Å²) in [4.78, 5) is 11.9. The molecule has 16 heavy (non-hydrogen) atoms. The van der Waals surface area contributed by atoms with Gasteiger partial charge in [0, 0.05) is 26.0 Å². The fourth-order valence-electron chi connectivity index (χ4n) is 1.65. The highest BCUT2D eigenvalue weighted by Crippen LogP contribution is 2.06. The molecule has 0 spiro atoms. The maximum absolute atomic E-state index is 11.9. The maximum atomic E-state index is 11.9. The summed E-state index contributed by atoms with van der Waals surface area (Å²) in [5, 5.41) is 8.28. The number of aromatic nitrogens is 4. The molecule has 0 bridgehead atoms. The van der Waals surface area contributed by atoms with E-state index in [1.54, 1.807) is 28.7 Å². The van der Waals surface area contributed by atoms with Crippen LogP contribution in [0, 0.1) is 6.92 Å². The number of carbonyl (C=O) groups is 1. The predicted molar refractivity (Wildman–Crippen MR) is 59.2 cm³/mol. The minimum Gasteiger partial charge on any atom is -0.292 e. The molecule has 0 N–H and O–H groups in total. The molecule has 0 amide bonds. The zero-order chi connectivity index (χ0) is 11.7. The fraction of sp³-hybridized carbons (Fsp3) is 0.364. The molecule has 0 fully saturated rings. The van der Waals surface area contributed by atoms with Crippen molar-refractivity contribution in [3.05, 3.63) is 35.4 Å². The van der Waals surface area contributed by atoms with Gasteiger partial charge in [-0.05, 0) is 19.1 Å². The van der Waals surface area contributed by atoms with Gasteiger partial charge in [-0.2, -0.15) is 10.2 Å². The number of hydrogen-bond donors (Lipinski definition) is 0. The molecule has 5 nitrogen and oxygen atoms in total. The van der Waals surface area contributed by atoms with E-state index in [4.69, 9.17) is 0 Å². The number of ketones is 1. The molecule has 2 heterocycles. The molecule has 2 aromatic rings. The number of rotatable bonds is 3. The molecule has 2 rings (SSSR count). The second kappa shape index (κ2) is 3.92. The molecule has 0 saturated heterocycles. The number of hydrogen-bond acceptors (Lipinski definition) is 3. The van der Waals surface area contributed by atoms with Crippen molar-refractivity contribution in [3.63, 3.8) is 0 Å². The van der Waals surface area contributed by atoms with Gasteiger partial charge in [0.2, 0.25) is 0 Å². The summed E-state index contributed by atoms with van der Waals surface area (Å²) in [7, 11) is 3.64. The van der Waals surface area contributed by atoms with Crippen LogP contribution in [0.1, 0.15) is 21.9 Å². The van der Waals surface area contributed by atoms with Crippen LogP contribution in [-0.4, -0.2) is 25.3 Å². The van der Waals surface area contributed by atoms with E-state index in [2.05, 4.69) is 10.2 Å². The first-order valence-electron chi connectivity index (χ1n) is 5.08. The van der Waals surface area contributed by atoms with Gasteiger partial charge in [0.15, 0.2) is 5.78 Å². The second-order valence-electron chi connectivity index (χ2n) is 3.88. The Balaban J connectivity index is 2.16. The Labute approximate surface area is 93.7 Å². The third-order valence-electron chi connectivity index (χ3n) is 2.44. The summed E-state index contributed by atoms with van der Waals surface area (Å²) in [5.74, 6) is 0.0172. The van der Waals surface area contributed by atoms with E-state index in [9.17, 15) is 4.79 Å². The van der Waals surface area contributed by atoms with E-state index in [1.807, 2.05) is 20.0 Å². The Morgan fingerprint density at radius 3 is 2.62 bits per heavy atom. The third-order valence-corrected chi connectivity index (χ3v) is 2.44. The van der Waals surface area contributed by atoms with Gasteiger partial charge in [0.1, 0.15) is 5.69 Å². The first kappa shape index (κ1) is 10.6. The van der Waals surface area contributed by atoms with Crippen LogP contribution >= 0.6 is 0 Å². The van der Waals surface area contributed by atoms with Gasteiger partial charge in [-0.15, -0.1) is 0 Å². The summed E-state index contributed by atoms with van der Waals surface area (Å²) in [5.41, 5.74) is 2.33. The largest absolute Gasteiger partial charge is 0.292 e. The van der Waals surface area contributed by atoms with E-state index >= 15 is 0 Å². The Morgan fingerprint density at radius 1 is 1.38 bits per heavy atom. The van der Waals surface area contributed by atoms with Crippen LogP contribution in [0.2, 0.25) is 0 Å². The normalized spacial score (nSPS) is 10.7. The summed E-state index contributed by atoms with van der Waals surface area (Å²) >= 11 is 0. The van der Waals surface area contributed by atoms with Crippen molar-refractivity contribution in [2.75, 3.05) is 0 Å². The maximum Gasteiger partial charge on any atom is 0.188 e. The van der Waals surface area contributed by atoms with Gasteiger partial charge in [-0.1, -0.05) is 0 Å². The minimum absolute atomic E-state index is 0.0172. The molecule has 0 radical (unpaired) electrons. The number of nitrogens with zero attached hydrogens (tertiary/aromatic N) is 4. The Kier molecular flexibility index (Phi) is 2.60. The summed E-state index contributed by atoms with van der Waals surface area (Å²) in [6.07, 6.45) is 2.11. The molecule has 5 heteroatoms. The van der Waals surface area contributed by atoms with E-state index in [0.717, 1.165) is 11.4 Å². The van der Waals surface area contributed by atoms with Gasteiger partial charge in [-0.25, -0.2) is 0 Å². The van der Waals surface area contributed by atoms with Gasteiger partial charge in [0.05, 0.1) is 12.1 Å². The molecular formula is C11H14N4O. The summed E-state index contributed by atoms with van der Waals surface area (Å²) < 4.78 is 3.36. The predicted octanol–water partition coefficient (Wildman–Crippen LogP) is 0.887. The zero-order valence-electron chi connectivity index (χ0n) is 9.64. The zero-order valence-corrected chi connectivity index (χ0v) is 9.64. The van der Waals surface area contributed by atoms with E-state index in [-0.39, 0.29) is 5.78 Å². The van der Waals surface area contributed by atoms with Crippen LogP contribution in [-0.2, 0) is 20.5 Å². The van der Waals surface area contributed by atoms with Crippen molar-refractivity contribution in [2.24, 2.45) is 14.1 Å². The van der Waals surface area contributed by atoms with Crippen molar-refractivity contribution in [2.45, 2.75) is 13.3 Å². The lowest BCUT2D eigenvalue weighted by molar-refractivity contribution is 0.0985. The second-order valence-corrected chi connectivity index (χ2v) is 3.88. The fourth-order valence-corrected chi connectivity index (χ4v) is 1.65.